The number of anilines is 1. The van der Waals surface area contributed by atoms with Gasteiger partial charge in [-0.25, -0.2) is 0 Å². The zero-order chi connectivity index (χ0) is 13.7. The number of thiophene rings is 1. The van der Waals surface area contributed by atoms with Crippen molar-refractivity contribution in [2.45, 2.75) is 13.1 Å². The summed E-state index contributed by atoms with van der Waals surface area (Å²) in [7, 11) is 1.66. The lowest BCUT2D eigenvalue weighted by Crippen LogP contribution is -2.09. The lowest BCUT2D eigenvalue weighted by atomic mass is 10.3. The molecule has 2 aromatic rings. The average molecular weight is 280 g/mol. The minimum absolute atomic E-state index is 0.394. The van der Waals surface area contributed by atoms with Crippen LogP contribution in [0.25, 0.3) is 0 Å². The highest BCUT2D eigenvalue weighted by molar-refractivity contribution is 7.10. The van der Waals surface area contributed by atoms with Gasteiger partial charge in [-0.3, -0.25) is 9.48 Å². The number of nitrogens with one attached hydrogen (secondary N) is 1. The predicted octanol–water partition coefficient (Wildman–Crippen LogP) is 1.30. The summed E-state index contributed by atoms with van der Waals surface area (Å²) >= 11 is 1.51. The van der Waals surface area contributed by atoms with Crippen LogP contribution in [0.4, 0.5) is 5.69 Å². The molecule has 2 rings (SSSR count). The number of hydrogen-bond donors (Lipinski definition) is 2. The van der Waals surface area contributed by atoms with Gasteiger partial charge >= 0.3 is 0 Å². The van der Waals surface area contributed by atoms with Gasteiger partial charge in [0, 0.05) is 30.1 Å². The molecular formula is C12H16N4O2S. The maximum absolute atomic E-state index is 11.0. The fourth-order valence-electron chi connectivity index (χ4n) is 1.55. The van der Waals surface area contributed by atoms with Gasteiger partial charge in [0.05, 0.1) is 30.6 Å². The van der Waals surface area contributed by atoms with Crippen LogP contribution in [0, 0.1) is 0 Å². The third-order valence-corrected chi connectivity index (χ3v) is 3.50. The fourth-order valence-corrected chi connectivity index (χ4v) is 2.37. The molecule has 2 heterocycles. The van der Waals surface area contributed by atoms with Crippen molar-refractivity contribution in [3.05, 3.63) is 34.3 Å². The number of aromatic nitrogens is 2. The molecule has 0 aromatic carbocycles. The van der Waals surface area contributed by atoms with Gasteiger partial charge < -0.3 is 15.8 Å². The van der Waals surface area contributed by atoms with Gasteiger partial charge in [-0.2, -0.15) is 5.10 Å². The van der Waals surface area contributed by atoms with Crippen molar-refractivity contribution in [3.8, 4) is 0 Å². The van der Waals surface area contributed by atoms with Gasteiger partial charge in [-0.15, -0.1) is 11.3 Å². The fraction of sp³-hybridized carbons (Fsp3) is 0.333. The number of primary amides is 1. The Balaban J connectivity index is 1.87. The van der Waals surface area contributed by atoms with Gasteiger partial charge in [0.15, 0.2) is 0 Å². The summed E-state index contributed by atoms with van der Waals surface area (Å²) in [6, 6.07) is 1.80. The molecule has 0 unspecified atom stereocenters. The molecular weight excluding hydrogens is 264 g/mol. The van der Waals surface area contributed by atoms with Gasteiger partial charge in [0.1, 0.15) is 0 Å². The quantitative estimate of drug-likeness (QED) is 0.801. The highest BCUT2D eigenvalue weighted by atomic mass is 32.1. The van der Waals surface area contributed by atoms with E-state index in [1.54, 1.807) is 24.8 Å². The van der Waals surface area contributed by atoms with E-state index in [2.05, 4.69) is 10.4 Å². The van der Waals surface area contributed by atoms with Crippen molar-refractivity contribution in [2.24, 2.45) is 5.73 Å². The van der Waals surface area contributed by atoms with E-state index in [1.165, 1.54) is 11.3 Å². The molecule has 1 amide bonds. The number of carbonyl (C=O) groups is 1. The number of ether oxygens (including phenoxy) is 1. The molecule has 6 nitrogen and oxygen atoms in total. The van der Waals surface area contributed by atoms with E-state index in [1.807, 2.05) is 10.9 Å². The minimum atomic E-state index is -0.394. The molecule has 0 radical (unpaired) electrons. The average Bonchev–Trinajstić information content (AvgIpc) is 3.03. The summed E-state index contributed by atoms with van der Waals surface area (Å²) in [5.74, 6) is -0.394. The summed E-state index contributed by atoms with van der Waals surface area (Å²) in [6.07, 6.45) is 3.68. The van der Waals surface area contributed by atoms with Crippen molar-refractivity contribution < 1.29 is 9.53 Å². The maximum atomic E-state index is 11.0. The molecule has 2 aromatic heterocycles. The molecule has 0 atom stereocenters. The van der Waals surface area contributed by atoms with E-state index >= 15 is 0 Å². The van der Waals surface area contributed by atoms with Gasteiger partial charge in [0.2, 0.25) is 5.91 Å². The molecule has 0 saturated carbocycles. The van der Waals surface area contributed by atoms with Crippen LogP contribution in [0.3, 0.4) is 0 Å². The van der Waals surface area contributed by atoms with E-state index in [0.29, 0.717) is 18.7 Å². The number of amides is 1. The van der Waals surface area contributed by atoms with Crippen molar-refractivity contribution in [3.63, 3.8) is 0 Å². The summed E-state index contributed by atoms with van der Waals surface area (Å²) < 4.78 is 6.80. The van der Waals surface area contributed by atoms with Crippen molar-refractivity contribution >= 4 is 22.9 Å². The lowest BCUT2D eigenvalue weighted by Gasteiger charge is -2.01. The highest BCUT2D eigenvalue weighted by Gasteiger charge is 2.05. The second-order valence-electron chi connectivity index (χ2n) is 4.00. The summed E-state index contributed by atoms with van der Waals surface area (Å²) in [4.78, 5) is 12.0. The molecule has 7 heteroatoms. The third-order valence-electron chi connectivity index (χ3n) is 2.56. The normalized spacial score (nSPS) is 10.6. The number of rotatable bonds is 7. The topological polar surface area (TPSA) is 82.2 Å². The number of nitrogens with zero attached hydrogens (tertiary/aromatic N) is 2. The summed E-state index contributed by atoms with van der Waals surface area (Å²) in [5, 5.41) is 9.21. The van der Waals surface area contributed by atoms with Crippen LogP contribution < -0.4 is 11.1 Å². The standard InChI is InChI=1S/C12H16N4O2S/c1-18-3-2-16-7-10(5-15-16)14-6-11-4-9(8-19-11)12(13)17/h4-5,7-8,14H,2-3,6H2,1H3,(H2,13,17). The van der Waals surface area contributed by atoms with Crippen molar-refractivity contribution in [2.75, 3.05) is 19.0 Å². The Morgan fingerprint density at radius 2 is 2.47 bits per heavy atom. The minimum Gasteiger partial charge on any atom is -0.383 e. The van der Waals surface area contributed by atoms with E-state index in [0.717, 1.165) is 17.1 Å². The molecule has 0 spiro atoms. The number of nitrogens with two attached hydrogens (primary N) is 1. The first kappa shape index (κ1) is 13.6. The van der Waals surface area contributed by atoms with E-state index in [9.17, 15) is 4.79 Å². The molecule has 0 aliphatic heterocycles. The molecule has 102 valence electrons. The Morgan fingerprint density at radius 1 is 1.63 bits per heavy atom. The Labute approximate surface area is 115 Å². The van der Waals surface area contributed by atoms with Crippen LogP contribution >= 0.6 is 11.3 Å². The van der Waals surface area contributed by atoms with Crippen LogP contribution in [0.5, 0.6) is 0 Å². The first-order chi connectivity index (χ1) is 9.19. The number of carbonyl (C=O) groups excluding carboxylic acids is 1. The first-order valence-electron chi connectivity index (χ1n) is 5.81. The predicted molar refractivity (Wildman–Crippen MR) is 74.3 cm³/mol. The van der Waals surface area contributed by atoms with Crippen LogP contribution in [-0.2, 0) is 17.8 Å². The Morgan fingerprint density at radius 3 is 3.16 bits per heavy atom. The monoisotopic (exact) mass is 280 g/mol. The van der Waals surface area contributed by atoms with Crippen molar-refractivity contribution in [1.29, 1.82) is 0 Å². The first-order valence-corrected chi connectivity index (χ1v) is 6.69. The number of methoxy groups -OCH3 is 1. The van der Waals surface area contributed by atoms with Crippen LogP contribution in [0.2, 0.25) is 0 Å². The molecule has 0 aliphatic carbocycles. The molecule has 0 fully saturated rings. The van der Waals surface area contributed by atoms with Gasteiger partial charge in [-0.05, 0) is 6.07 Å². The van der Waals surface area contributed by atoms with Gasteiger partial charge in [0.25, 0.3) is 0 Å². The maximum Gasteiger partial charge on any atom is 0.249 e. The third kappa shape index (κ3) is 3.80. The molecule has 0 saturated heterocycles. The van der Waals surface area contributed by atoms with Crippen LogP contribution in [0.1, 0.15) is 15.2 Å². The highest BCUT2D eigenvalue weighted by Crippen LogP contribution is 2.16. The zero-order valence-corrected chi connectivity index (χ0v) is 11.4. The van der Waals surface area contributed by atoms with E-state index < -0.39 is 5.91 Å². The zero-order valence-electron chi connectivity index (χ0n) is 10.6. The van der Waals surface area contributed by atoms with E-state index in [-0.39, 0.29) is 0 Å². The lowest BCUT2D eigenvalue weighted by molar-refractivity contribution is 0.100. The Kier molecular flexibility index (Phi) is 4.53. The second kappa shape index (κ2) is 6.35. The molecule has 0 aliphatic rings. The van der Waals surface area contributed by atoms with Gasteiger partial charge in [-0.1, -0.05) is 0 Å². The summed E-state index contributed by atoms with van der Waals surface area (Å²) in [6.45, 7) is 2.00. The Bertz CT molecular complexity index is 549. The molecule has 0 bridgehead atoms. The second-order valence-corrected chi connectivity index (χ2v) is 5.00. The largest absolute Gasteiger partial charge is 0.383 e. The number of hydrogen-bond acceptors (Lipinski definition) is 5. The molecule has 19 heavy (non-hydrogen) atoms. The van der Waals surface area contributed by atoms with Crippen LogP contribution in [-0.4, -0.2) is 29.4 Å². The SMILES string of the molecule is COCCn1cc(NCc2cc(C(N)=O)cs2)cn1. The summed E-state index contributed by atoms with van der Waals surface area (Å²) in [5.41, 5.74) is 6.69. The molecule has 3 N–H and O–H groups in total. The van der Waals surface area contributed by atoms with E-state index in [4.69, 9.17) is 10.5 Å². The Hall–Kier alpha value is -1.86. The van der Waals surface area contributed by atoms with Crippen LogP contribution in [0.15, 0.2) is 23.8 Å². The smallest absolute Gasteiger partial charge is 0.249 e. The van der Waals surface area contributed by atoms with Crippen molar-refractivity contribution in [1.82, 2.24) is 9.78 Å².